The van der Waals surface area contributed by atoms with Gasteiger partial charge in [0.2, 0.25) is 0 Å². The smallest absolute Gasteiger partial charge is 0.151 e. The van der Waals surface area contributed by atoms with Crippen LogP contribution in [0.3, 0.4) is 0 Å². The second-order valence-corrected chi connectivity index (χ2v) is 14.5. The van der Waals surface area contributed by atoms with E-state index in [1.54, 1.807) is 12.1 Å². The van der Waals surface area contributed by atoms with Gasteiger partial charge in [0.25, 0.3) is 0 Å². The zero-order chi connectivity index (χ0) is 22.7. The van der Waals surface area contributed by atoms with Crippen LogP contribution in [0.2, 0.25) is 19.6 Å². The molecule has 3 heterocycles. The predicted molar refractivity (Wildman–Crippen MR) is 134 cm³/mol. The fourth-order valence-electron chi connectivity index (χ4n) is 3.89. The van der Waals surface area contributed by atoms with Gasteiger partial charge in [-0.2, -0.15) is 5.10 Å². The van der Waals surface area contributed by atoms with Crippen molar-refractivity contribution in [2.45, 2.75) is 33.1 Å². The molecule has 2 aromatic heterocycles. The number of hydrogen-bond donors (Lipinski definition) is 1. The standard InChI is InChI=1S/C25H32FN5Si/c1-19-15-24(23(26)16-20-5-7-22(8-6-20)32(2,3)4)29-31(19)18-21-9-10-28-25(17-21)30-13-11-27-12-14-30/h5-10,15-17,27H,11-14,18H2,1-4H3. The number of hydrogen-bond acceptors (Lipinski definition) is 4. The SMILES string of the molecule is Cc1cc(C(F)=Cc2ccc([Si](C)(C)C)cc2)nn1Cc1ccnc(N2CCNCC2)c1. The number of pyridine rings is 1. The van der Waals surface area contributed by atoms with E-state index in [9.17, 15) is 4.39 Å². The largest absolute Gasteiger partial charge is 0.354 e. The average Bonchev–Trinajstić information content (AvgIpc) is 3.15. The average molecular weight is 450 g/mol. The number of benzene rings is 1. The molecule has 0 atom stereocenters. The summed E-state index contributed by atoms with van der Waals surface area (Å²) in [5, 5.41) is 9.27. The molecule has 0 aliphatic carbocycles. The highest BCUT2D eigenvalue weighted by Crippen LogP contribution is 2.21. The molecule has 1 aromatic carbocycles. The van der Waals surface area contributed by atoms with E-state index in [2.05, 4.69) is 58.1 Å². The van der Waals surface area contributed by atoms with Gasteiger partial charge < -0.3 is 10.2 Å². The molecule has 0 spiro atoms. The lowest BCUT2D eigenvalue weighted by Gasteiger charge is -2.28. The molecule has 32 heavy (non-hydrogen) atoms. The molecule has 1 aliphatic heterocycles. The molecule has 7 heteroatoms. The van der Waals surface area contributed by atoms with Gasteiger partial charge >= 0.3 is 0 Å². The Morgan fingerprint density at radius 3 is 2.50 bits per heavy atom. The Balaban J connectivity index is 1.50. The van der Waals surface area contributed by atoms with Crippen LogP contribution in [0.15, 0.2) is 48.7 Å². The van der Waals surface area contributed by atoms with Crippen LogP contribution in [0, 0.1) is 6.92 Å². The van der Waals surface area contributed by atoms with Crippen molar-refractivity contribution in [3.8, 4) is 0 Å². The molecule has 1 saturated heterocycles. The van der Waals surface area contributed by atoms with Gasteiger partial charge in [-0.1, -0.05) is 49.1 Å². The van der Waals surface area contributed by atoms with Gasteiger partial charge in [0.15, 0.2) is 5.83 Å². The molecule has 0 unspecified atom stereocenters. The summed E-state index contributed by atoms with van der Waals surface area (Å²) < 4.78 is 16.8. The van der Waals surface area contributed by atoms with Gasteiger partial charge in [0.05, 0.1) is 14.6 Å². The molecule has 0 radical (unpaired) electrons. The number of rotatable bonds is 6. The summed E-state index contributed by atoms with van der Waals surface area (Å²) >= 11 is 0. The van der Waals surface area contributed by atoms with Crippen LogP contribution in [0.5, 0.6) is 0 Å². The van der Waals surface area contributed by atoms with Gasteiger partial charge in [0, 0.05) is 38.1 Å². The third kappa shape index (κ3) is 5.34. The molecule has 5 nitrogen and oxygen atoms in total. The summed E-state index contributed by atoms with van der Waals surface area (Å²) in [6, 6.07) is 14.1. The monoisotopic (exact) mass is 449 g/mol. The molecule has 0 amide bonds. The van der Waals surface area contributed by atoms with Crippen LogP contribution >= 0.6 is 0 Å². The lowest BCUT2D eigenvalue weighted by molar-refractivity contribution is 0.584. The van der Waals surface area contributed by atoms with E-state index >= 15 is 0 Å². The summed E-state index contributed by atoms with van der Waals surface area (Å²) in [6.07, 6.45) is 3.41. The third-order valence-corrected chi connectivity index (χ3v) is 7.94. The van der Waals surface area contributed by atoms with Crippen LogP contribution < -0.4 is 15.4 Å². The van der Waals surface area contributed by atoms with Crippen molar-refractivity contribution in [3.05, 3.63) is 71.2 Å². The maximum Gasteiger partial charge on any atom is 0.151 e. The minimum absolute atomic E-state index is 0.316. The van der Waals surface area contributed by atoms with E-state index in [0.29, 0.717) is 12.2 Å². The first-order chi connectivity index (χ1) is 15.3. The maximum atomic E-state index is 15.0. The first-order valence-corrected chi connectivity index (χ1v) is 14.7. The van der Waals surface area contributed by atoms with Crippen molar-refractivity contribution < 1.29 is 4.39 Å². The maximum absolute atomic E-state index is 15.0. The van der Waals surface area contributed by atoms with Crippen LogP contribution in [-0.2, 0) is 6.54 Å². The van der Waals surface area contributed by atoms with Crippen molar-refractivity contribution in [3.63, 3.8) is 0 Å². The van der Waals surface area contributed by atoms with E-state index in [1.165, 1.54) is 5.19 Å². The molecule has 1 N–H and O–H groups in total. The highest BCUT2D eigenvalue weighted by Gasteiger charge is 2.16. The van der Waals surface area contributed by atoms with Gasteiger partial charge in [-0.15, -0.1) is 0 Å². The van der Waals surface area contributed by atoms with Gasteiger partial charge in [-0.3, -0.25) is 4.68 Å². The Bertz CT molecular complexity index is 1090. The third-order valence-electron chi connectivity index (χ3n) is 5.88. The zero-order valence-corrected chi connectivity index (χ0v) is 20.4. The van der Waals surface area contributed by atoms with E-state index < -0.39 is 8.07 Å². The van der Waals surface area contributed by atoms with E-state index in [0.717, 1.165) is 48.8 Å². The number of anilines is 1. The molecule has 3 aromatic rings. The molecule has 0 bridgehead atoms. The van der Waals surface area contributed by atoms with Crippen LogP contribution in [0.4, 0.5) is 10.2 Å². The Hall–Kier alpha value is -2.77. The summed E-state index contributed by atoms with van der Waals surface area (Å²) in [6.45, 7) is 13.3. The van der Waals surface area contributed by atoms with Gasteiger partial charge in [-0.05, 0) is 42.3 Å². The minimum Gasteiger partial charge on any atom is -0.354 e. The lowest BCUT2D eigenvalue weighted by Crippen LogP contribution is -2.43. The summed E-state index contributed by atoms with van der Waals surface area (Å²) in [5.74, 6) is 0.672. The highest BCUT2D eigenvalue weighted by atomic mass is 28.3. The van der Waals surface area contributed by atoms with Crippen LogP contribution in [-0.4, -0.2) is 49.0 Å². The Labute approximate surface area is 191 Å². The quantitative estimate of drug-likeness (QED) is 0.577. The van der Waals surface area contributed by atoms with Gasteiger partial charge in [0.1, 0.15) is 11.5 Å². The summed E-state index contributed by atoms with van der Waals surface area (Å²) in [4.78, 5) is 6.82. The second-order valence-electron chi connectivity index (χ2n) is 9.45. The normalized spacial score (nSPS) is 15.3. The van der Waals surface area contributed by atoms with Crippen LogP contribution in [0.1, 0.15) is 22.5 Å². The first-order valence-electron chi connectivity index (χ1n) is 11.2. The van der Waals surface area contributed by atoms with Crippen LogP contribution in [0.25, 0.3) is 11.9 Å². The number of nitrogens with zero attached hydrogens (tertiary/aromatic N) is 4. The van der Waals surface area contributed by atoms with Gasteiger partial charge in [-0.25, -0.2) is 9.37 Å². The van der Waals surface area contributed by atoms with Crippen molar-refractivity contribution in [1.29, 1.82) is 0 Å². The Morgan fingerprint density at radius 1 is 1.09 bits per heavy atom. The number of aromatic nitrogens is 3. The zero-order valence-electron chi connectivity index (χ0n) is 19.4. The second kappa shape index (κ2) is 9.38. The number of aryl methyl sites for hydroxylation is 1. The highest BCUT2D eigenvalue weighted by molar-refractivity contribution is 6.88. The van der Waals surface area contributed by atoms with E-state index in [-0.39, 0.29) is 5.83 Å². The molecule has 4 rings (SSSR count). The minimum atomic E-state index is -1.36. The number of halogens is 1. The molecule has 1 fully saturated rings. The lowest BCUT2D eigenvalue weighted by atomic mass is 10.2. The predicted octanol–water partition coefficient (Wildman–Crippen LogP) is 4.06. The Morgan fingerprint density at radius 2 is 1.81 bits per heavy atom. The van der Waals surface area contributed by atoms with Crippen molar-refractivity contribution in [2.75, 3.05) is 31.1 Å². The fourth-order valence-corrected chi connectivity index (χ4v) is 5.05. The summed E-state index contributed by atoms with van der Waals surface area (Å²) in [7, 11) is -1.36. The molecule has 168 valence electrons. The first kappa shape index (κ1) is 22.4. The summed E-state index contributed by atoms with van der Waals surface area (Å²) in [5.41, 5.74) is 3.26. The van der Waals surface area contributed by atoms with Crippen molar-refractivity contribution >= 4 is 31.0 Å². The topological polar surface area (TPSA) is 46.0 Å². The molecular weight excluding hydrogens is 417 g/mol. The molecule has 0 saturated carbocycles. The molecular formula is C25H32FN5Si. The molecule has 1 aliphatic rings. The van der Waals surface area contributed by atoms with E-state index in [1.807, 2.05) is 36.0 Å². The Kier molecular flexibility index (Phi) is 6.57. The van der Waals surface area contributed by atoms with Crippen molar-refractivity contribution in [1.82, 2.24) is 20.1 Å². The van der Waals surface area contributed by atoms with Crippen molar-refractivity contribution in [2.24, 2.45) is 0 Å². The number of piperazine rings is 1. The number of nitrogens with one attached hydrogen (secondary N) is 1. The van der Waals surface area contributed by atoms with E-state index in [4.69, 9.17) is 0 Å². The fraction of sp³-hybridized carbons (Fsp3) is 0.360.